The molecule has 0 bridgehead atoms. The Kier molecular flexibility index (Phi) is 4.95. The summed E-state index contributed by atoms with van der Waals surface area (Å²) in [6.07, 6.45) is 1.27. The van der Waals surface area contributed by atoms with E-state index in [4.69, 9.17) is 9.47 Å². The van der Waals surface area contributed by atoms with Crippen LogP contribution < -0.4 is 20.9 Å². The first kappa shape index (κ1) is 13.3. The largest absolute Gasteiger partial charge is 0.497 e. The van der Waals surface area contributed by atoms with Gasteiger partial charge in [-0.3, -0.25) is 5.32 Å². The molecule has 1 heterocycles. The van der Waals surface area contributed by atoms with Gasteiger partial charge in [-0.25, -0.2) is 10.9 Å². The minimum absolute atomic E-state index is 0.274. The molecule has 18 heavy (non-hydrogen) atoms. The van der Waals surface area contributed by atoms with Gasteiger partial charge in [0, 0.05) is 19.7 Å². The van der Waals surface area contributed by atoms with Gasteiger partial charge in [0.1, 0.15) is 5.75 Å². The average molecular weight is 251 g/mol. The maximum absolute atomic E-state index is 5.24. The van der Waals surface area contributed by atoms with E-state index in [1.165, 1.54) is 5.56 Å². The second-order valence-electron chi connectivity index (χ2n) is 4.35. The molecular formula is C13H21N3O2. The van der Waals surface area contributed by atoms with E-state index in [0.717, 1.165) is 25.3 Å². The molecule has 100 valence electrons. The molecule has 3 N–H and O–H groups in total. The highest BCUT2D eigenvalue weighted by atomic mass is 16.5. The second-order valence-corrected chi connectivity index (χ2v) is 4.35. The topological polar surface area (TPSA) is 54.5 Å². The summed E-state index contributed by atoms with van der Waals surface area (Å²) in [5.74, 6) is 0.894. The van der Waals surface area contributed by atoms with Gasteiger partial charge >= 0.3 is 0 Å². The first-order valence-electron chi connectivity index (χ1n) is 6.21. The summed E-state index contributed by atoms with van der Waals surface area (Å²) in [4.78, 5) is 0. The standard InChI is InChI=1S/C13H21N3O2/c1-17-7-6-14-13-9-12(15-16-13)10-4-3-5-11(8-10)18-2/h3-5,8,12-16H,6-7,9H2,1-2H3. The van der Waals surface area contributed by atoms with Gasteiger partial charge in [-0.2, -0.15) is 0 Å². The van der Waals surface area contributed by atoms with Crippen molar-refractivity contribution in [3.63, 3.8) is 0 Å². The lowest BCUT2D eigenvalue weighted by Crippen LogP contribution is -2.42. The van der Waals surface area contributed by atoms with Crippen LogP contribution in [0.2, 0.25) is 0 Å². The molecule has 5 nitrogen and oxygen atoms in total. The van der Waals surface area contributed by atoms with Crippen molar-refractivity contribution in [2.24, 2.45) is 0 Å². The summed E-state index contributed by atoms with van der Waals surface area (Å²) in [5.41, 5.74) is 7.77. The van der Waals surface area contributed by atoms with Gasteiger partial charge in [0.15, 0.2) is 0 Å². The molecule has 1 aliphatic rings. The monoisotopic (exact) mass is 251 g/mol. The molecule has 1 saturated heterocycles. The Hall–Kier alpha value is -1.14. The van der Waals surface area contributed by atoms with Crippen molar-refractivity contribution in [1.82, 2.24) is 16.2 Å². The fraction of sp³-hybridized carbons (Fsp3) is 0.538. The molecule has 0 amide bonds. The van der Waals surface area contributed by atoms with Gasteiger partial charge in [0.2, 0.25) is 0 Å². The molecule has 2 rings (SSSR count). The zero-order valence-electron chi connectivity index (χ0n) is 10.9. The number of methoxy groups -OCH3 is 2. The molecule has 0 saturated carbocycles. The predicted octanol–water partition coefficient (Wildman–Crippen LogP) is 0.796. The van der Waals surface area contributed by atoms with Crippen LogP contribution in [0.3, 0.4) is 0 Å². The minimum atomic E-state index is 0.274. The number of hydrogen-bond acceptors (Lipinski definition) is 5. The van der Waals surface area contributed by atoms with Crippen molar-refractivity contribution < 1.29 is 9.47 Å². The molecule has 0 radical (unpaired) electrons. The molecule has 1 aromatic carbocycles. The van der Waals surface area contributed by atoms with E-state index in [1.807, 2.05) is 12.1 Å². The second kappa shape index (κ2) is 6.70. The first-order chi connectivity index (χ1) is 8.83. The molecule has 5 heteroatoms. The SMILES string of the molecule is COCCNC1CC(c2cccc(OC)c2)NN1. The summed E-state index contributed by atoms with van der Waals surface area (Å²) in [7, 11) is 3.40. The number of rotatable bonds is 6. The minimum Gasteiger partial charge on any atom is -0.497 e. The quantitative estimate of drug-likeness (QED) is 0.653. The van der Waals surface area contributed by atoms with Crippen LogP contribution in [0.15, 0.2) is 24.3 Å². The molecule has 0 aromatic heterocycles. The zero-order valence-corrected chi connectivity index (χ0v) is 10.9. The maximum atomic E-state index is 5.24. The van der Waals surface area contributed by atoms with Crippen molar-refractivity contribution in [3.8, 4) is 5.75 Å². The maximum Gasteiger partial charge on any atom is 0.119 e. The normalized spacial score (nSPS) is 23.2. The Labute approximate surface area is 108 Å². The zero-order chi connectivity index (χ0) is 12.8. The Bertz CT molecular complexity index is 373. The molecule has 1 aromatic rings. The summed E-state index contributed by atoms with van der Waals surface area (Å²) in [5, 5.41) is 3.38. The Balaban J connectivity index is 1.87. The van der Waals surface area contributed by atoms with Gasteiger partial charge in [-0.15, -0.1) is 0 Å². The van der Waals surface area contributed by atoms with Crippen LogP contribution in [0.25, 0.3) is 0 Å². The number of hydrazine groups is 1. The van der Waals surface area contributed by atoms with Crippen LogP contribution in [-0.2, 0) is 4.74 Å². The lowest BCUT2D eigenvalue weighted by molar-refractivity contribution is 0.194. The van der Waals surface area contributed by atoms with Crippen LogP contribution in [-0.4, -0.2) is 33.5 Å². The highest BCUT2D eigenvalue weighted by Crippen LogP contribution is 2.24. The fourth-order valence-corrected chi connectivity index (χ4v) is 2.10. The number of hydrogen-bond donors (Lipinski definition) is 3. The number of nitrogens with one attached hydrogen (secondary N) is 3. The lowest BCUT2D eigenvalue weighted by atomic mass is 10.0. The highest BCUT2D eigenvalue weighted by molar-refractivity contribution is 5.30. The van der Waals surface area contributed by atoms with Crippen LogP contribution in [0.4, 0.5) is 0 Å². The van der Waals surface area contributed by atoms with Gasteiger partial charge in [-0.1, -0.05) is 12.1 Å². The molecule has 1 fully saturated rings. The number of ether oxygens (including phenoxy) is 2. The summed E-state index contributed by atoms with van der Waals surface area (Å²) >= 11 is 0. The van der Waals surface area contributed by atoms with E-state index in [0.29, 0.717) is 6.04 Å². The van der Waals surface area contributed by atoms with Gasteiger partial charge in [-0.05, 0) is 24.1 Å². The smallest absolute Gasteiger partial charge is 0.119 e. The van der Waals surface area contributed by atoms with Crippen molar-refractivity contribution in [2.45, 2.75) is 18.6 Å². The van der Waals surface area contributed by atoms with Gasteiger partial charge in [0.05, 0.1) is 19.9 Å². The van der Waals surface area contributed by atoms with Crippen molar-refractivity contribution in [3.05, 3.63) is 29.8 Å². The van der Waals surface area contributed by atoms with Crippen LogP contribution in [0, 0.1) is 0 Å². The Morgan fingerprint density at radius 3 is 3.00 bits per heavy atom. The molecule has 0 aliphatic carbocycles. The van der Waals surface area contributed by atoms with Gasteiger partial charge in [0.25, 0.3) is 0 Å². The summed E-state index contributed by atoms with van der Waals surface area (Å²) < 4.78 is 10.3. The van der Waals surface area contributed by atoms with E-state index in [9.17, 15) is 0 Å². The molecule has 2 unspecified atom stereocenters. The predicted molar refractivity (Wildman–Crippen MR) is 70.3 cm³/mol. The van der Waals surface area contributed by atoms with Gasteiger partial charge < -0.3 is 9.47 Å². The van der Waals surface area contributed by atoms with E-state index in [1.54, 1.807) is 14.2 Å². The third kappa shape index (κ3) is 3.43. The highest BCUT2D eigenvalue weighted by Gasteiger charge is 2.24. The summed E-state index contributed by atoms with van der Waals surface area (Å²) in [6.45, 7) is 1.57. The third-order valence-electron chi connectivity index (χ3n) is 3.10. The van der Waals surface area contributed by atoms with E-state index in [-0.39, 0.29) is 6.17 Å². The van der Waals surface area contributed by atoms with E-state index >= 15 is 0 Å². The Morgan fingerprint density at radius 1 is 1.33 bits per heavy atom. The first-order valence-corrected chi connectivity index (χ1v) is 6.21. The molecular weight excluding hydrogens is 230 g/mol. The van der Waals surface area contributed by atoms with Crippen LogP contribution in [0.5, 0.6) is 5.75 Å². The molecule has 2 atom stereocenters. The van der Waals surface area contributed by atoms with Crippen molar-refractivity contribution in [2.75, 3.05) is 27.4 Å². The summed E-state index contributed by atoms with van der Waals surface area (Å²) in [6, 6.07) is 8.46. The van der Waals surface area contributed by atoms with Crippen LogP contribution >= 0.6 is 0 Å². The Morgan fingerprint density at radius 2 is 2.22 bits per heavy atom. The van der Waals surface area contributed by atoms with Crippen molar-refractivity contribution in [1.29, 1.82) is 0 Å². The lowest BCUT2D eigenvalue weighted by Gasteiger charge is -2.12. The fourth-order valence-electron chi connectivity index (χ4n) is 2.10. The number of benzene rings is 1. The average Bonchev–Trinajstić information content (AvgIpc) is 2.88. The van der Waals surface area contributed by atoms with Crippen molar-refractivity contribution >= 4 is 0 Å². The third-order valence-corrected chi connectivity index (χ3v) is 3.10. The van der Waals surface area contributed by atoms with Crippen LogP contribution in [0.1, 0.15) is 18.0 Å². The molecule has 0 spiro atoms. The van der Waals surface area contributed by atoms with E-state index in [2.05, 4.69) is 28.3 Å². The van der Waals surface area contributed by atoms with E-state index < -0.39 is 0 Å². The molecule has 1 aliphatic heterocycles.